The first-order valence-corrected chi connectivity index (χ1v) is 9.61. The summed E-state index contributed by atoms with van der Waals surface area (Å²) < 4.78 is 5.36. The summed E-state index contributed by atoms with van der Waals surface area (Å²) in [5.74, 6) is -0.452. The van der Waals surface area contributed by atoms with E-state index in [1.54, 1.807) is 0 Å². The van der Waals surface area contributed by atoms with Gasteiger partial charge >= 0.3 is 5.97 Å². The van der Waals surface area contributed by atoms with E-state index in [-0.39, 0.29) is 23.8 Å². The molecular formula is C19H20ClN3O4S. The number of H-pyrrole nitrogens is 1. The third-order valence-electron chi connectivity index (χ3n) is 4.77. The Morgan fingerprint density at radius 1 is 1.32 bits per heavy atom. The van der Waals surface area contributed by atoms with Crippen molar-refractivity contribution in [2.24, 2.45) is 5.73 Å². The van der Waals surface area contributed by atoms with Crippen LogP contribution < -0.4 is 16.0 Å². The fraction of sp³-hybridized carbons (Fsp3) is 0.316. The Hall–Kier alpha value is -2.42. The number of carboxylic acid groups (broad SMARTS) is 1. The lowest BCUT2D eigenvalue weighted by atomic mass is 10.1. The maximum absolute atomic E-state index is 11.8. The molecule has 0 fully saturated rings. The van der Waals surface area contributed by atoms with Gasteiger partial charge in [-0.2, -0.15) is 0 Å². The maximum Gasteiger partial charge on any atom is 0.372 e. The Kier molecular flexibility index (Phi) is 6.02. The first kappa shape index (κ1) is 20.3. The predicted molar refractivity (Wildman–Crippen MR) is 110 cm³/mol. The Balaban J connectivity index is 0.000000165. The Morgan fingerprint density at radius 3 is 2.89 bits per heavy atom. The molecule has 28 heavy (non-hydrogen) atoms. The molecule has 1 aliphatic heterocycles. The van der Waals surface area contributed by atoms with Gasteiger partial charge in [0.2, 0.25) is 5.82 Å². The Bertz CT molecular complexity index is 1090. The number of thiophene rings is 1. The quantitative estimate of drug-likeness (QED) is 0.585. The van der Waals surface area contributed by atoms with Crippen LogP contribution >= 0.6 is 23.7 Å². The topological polar surface area (TPSA) is 118 Å². The number of carboxylic acids is 1. The molecule has 5 rings (SSSR count). The number of aromatic amines is 1. The summed E-state index contributed by atoms with van der Waals surface area (Å²) in [6.45, 7) is 1.44. The van der Waals surface area contributed by atoms with E-state index in [1.165, 1.54) is 27.3 Å². The first-order valence-electron chi connectivity index (χ1n) is 8.79. The van der Waals surface area contributed by atoms with Gasteiger partial charge in [0.25, 0.3) is 5.56 Å². The molecular weight excluding hydrogens is 402 g/mol. The number of ether oxygens (including phenoxy) is 1. The lowest BCUT2D eigenvalue weighted by molar-refractivity contribution is 0.0683. The molecule has 0 bridgehead atoms. The fourth-order valence-corrected chi connectivity index (χ4v) is 4.73. The molecule has 0 radical (unpaired) electrons. The van der Waals surface area contributed by atoms with Gasteiger partial charge < -0.3 is 20.6 Å². The van der Waals surface area contributed by atoms with Gasteiger partial charge in [0.05, 0.1) is 12.0 Å². The number of benzene rings is 1. The van der Waals surface area contributed by atoms with Crippen molar-refractivity contribution in [2.75, 3.05) is 6.61 Å². The zero-order valence-electron chi connectivity index (χ0n) is 15.0. The fourth-order valence-electron chi connectivity index (χ4n) is 3.47. The van der Waals surface area contributed by atoms with Crippen molar-refractivity contribution in [3.63, 3.8) is 0 Å². The van der Waals surface area contributed by atoms with Crippen LogP contribution in [0.5, 0.6) is 5.75 Å². The minimum absolute atomic E-state index is 0. The van der Waals surface area contributed by atoms with Crippen molar-refractivity contribution in [2.45, 2.75) is 32.2 Å². The molecule has 1 aliphatic carbocycles. The van der Waals surface area contributed by atoms with Crippen LogP contribution in [-0.4, -0.2) is 27.7 Å². The highest BCUT2D eigenvalue weighted by Gasteiger charge is 2.22. The highest BCUT2D eigenvalue weighted by molar-refractivity contribution is 7.18. The third-order valence-corrected chi connectivity index (χ3v) is 5.95. The summed E-state index contributed by atoms with van der Waals surface area (Å²) in [6.07, 6.45) is 3.96. The molecule has 2 aromatic heterocycles. The number of aryl methyl sites for hydroxylation is 2. The molecule has 0 unspecified atom stereocenters. The number of hydrogen-bond donors (Lipinski definition) is 3. The number of fused-ring (bicyclic) bond motifs is 4. The smallest absolute Gasteiger partial charge is 0.372 e. The van der Waals surface area contributed by atoms with Crippen LogP contribution in [-0.2, 0) is 25.8 Å². The van der Waals surface area contributed by atoms with E-state index < -0.39 is 5.97 Å². The highest BCUT2D eigenvalue weighted by atomic mass is 35.5. The summed E-state index contributed by atoms with van der Waals surface area (Å²) in [6, 6.07) is 6.15. The minimum Gasteiger partial charge on any atom is -0.493 e. The van der Waals surface area contributed by atoms with E-state index in [9.17, 15) is 9.59 Å². The second-order valence-corrected chi connectivity index (χ2v) is 7.59. The zero-order chi connectivity index (χ0) is 19.0. The van der Waals surface area contributed by atoms with Gasteiger partial charge in [-0.25, -0.2) is 9.78 Å². The number of nitrogens with zero attached hydrogens (tertiary/aromatic N) is 1. The highest BCUT2D eigenvalue weighted by Crippen LogP contribution is 2.34. The van der Waals surface area contributed by atoms with Crippen LogP contribution in [0, 0.1) is 0 Å². The molecule has 2 aliphatic rings. The van der Waals surface area contributed by atoms with Crippen molar-refractivity contribution >= 4 is 39.9 Å². The first-order chi connectivity index (χ1) is 13.1. The number of nitrogens with one attached hydrogen (secondary N) is 1. The van der Waals surface area contributed by atoms with Crippen LogP contribution in [0.25, 0.3) is 10.2 Å². The average Bonchev–Trinajstić information content (AvgIpc) is 3.36. The molecule has 3 aromatic rings. The lowest BCUT2D eigenvalue weighted by Crippen LogP contribution is -2.15. The largest absolute Gasteiger partial charge is 0.493 e. The van der Waals surface area contributed by atoms with Crippen molar-refractivity contribution in [3.8, 4) is 5.75 Å². The molecule has 0 saturated carbocycles. The van der Waals surface area contributed by atoms with Gasteiger partial charge in [0.15, 0.2) is 0 Å². The number of nitrogens with two attached hydrogens (primary N) is 1. The predicted octanol–water partition coefficient (Wildman–Crippen LogP) is 2.67. The van der Waals surface area contributed by atoms with Crippen LogP contribution in [0.3, 0.4) is 0 Å². The number of halogens is 1. The van der Waals surface area contributed by atoms with E-state index >= 15 is 0 Å². The van der Waals surface area contributed by atoms with Crippen molar-refractivity contribution in [1.82, 2.24) is 9.97 Å². The molecule has 9 heteroatoms. The number of carbonyl (C=O) groups is 1. The van der Waals surface area contributed by atoms with Gasteiger partial charge in [-0.3, -0.25) is 4.79 Å². The number of rotatable bonds is 2. The second kappa shape index (κ2) is 8.30. The molecule has 0 saturated heterocycles. The molecule has 0 atom stereocenters. The van der Waals surface area contributed by atoms with Crippen molar-refractivity contribution in [1.29, 1.82) is 0 Å². The van der Waals surface area contributed by atoms with Gasteiger partial charge in [-0.1, -0.05) is 12.1 Å². The second-order valence-electron chi connectivity index (χ2n) is 6.50. The minimum atomic E-state index is -1.20. The summed E-state index contributed by atoms with van der Waals surface area (Å²) in [5, 5.41) is 9.37. The van der Waals surface area contributed by atoms with Crippen LogP contribution in [0.15, 0.2) is 23.0 Å². The lowest BCUT2D eigenvalue weighted by Gasteiger charge is -2.00. The van der Waals surface area contributed by atoms with Crippen molar-refractivity contribution in [3.05, 3.63) is 55.9 Å². The van der Waals surface area contributed by atoms with E-state index in [1.807, 2.05) is 12.1 Å². The van der Waals surface area contributed by atoms with Gasteiger partial charge in [-0.15, -0.1) is 23.7 Å². The van der Waals surface area contributed by atoms with Crippen LogP contribution in [0.4, 0.5) is 0 Å². The summed E-state index contributed by atoms with van der Waals surface area (Å²) in [4.78, 5) is 30.5. The van der Waals surface area contributed by atoms with Crippen LogP contribution in [0.2, 0.25) is 0 Å². The van der Waals surface area contributed by atoms with Crippen molar-refractivity contribution < 1.29 is 14.6 Å². The monoisotopic (exact) mass is 421 g/mol. The van der Waals surface area contributed by atoms with Crippen LogP contribution in [0.1, 0.15) is 38.6 Å². The van der Waals surface area contributed by atoms with Gasteiger partial charge in [0, 0.05) is 17.8 Å². The normalized spacial score (nSPS) is 13.8. The van der Waals surface area contributed by atoms with E-state index in [2.05, 4.69) is 16.0 Å². The molecule has 3 heterocycles. The molecule has 4 N–H and O–H groups in total. The molecule has 0 spiro atoms. The average molecular weight is 422 g/mol. The summed E-state index contributed by atoms with van der Waals surface area (Å²) in [5.41, 5.74) is 8.72. The van der Waals surface area contributed by atoms with Gasteiger partial charge in [-0.05, 0) is 42.0 Å². The van der Waals surface area contributed by atoms with E-state index in [0.717, 1.165) is 43.6 Å². The SMILES string of the molecule is Cl.NCc1ccc2c(c1)CCO2.O=C(O)c1nc2sc3c(c2c(=O)[nH]1)CCC3. The summed E-state index contributed by atoms with van der Waals surface area (Å²) in [7, 11) is 0. The zero-order valence-corrected chi connectivity index (χ0v) is 16.6. The van der Waals surface area contributed by atoms with E-state index in [0.29, 0.717) is 16.8 Å². The van der Waals surface area contributed by atoms with Gasteiger partial charge in [0.1, 0.15) is 10.6 Å². The standard InChI is InChI=1S/C10H8N2O3S.C9H11NO.ClH/c13-8-6-4-2-1-3-5(4)16-9(6)12-7(11-8)10(14)15;10-6-7-1-2-9-8(5-7)3-4-11-9;/h1-3H2,(H,14,15)(H,11,12,13);1-2,5H,3-4,6,10H2;1H. The maximum atomic E-state index is 11.8. The molecule has 0 amide bonds. The number of hydrogen-bond acceptors (Lipinski definition) is 6. The third kappa shape index (κ3) is 3.76. The molecule has 7 nitrogen and oxygen atoms in total. The number of aromatic carboxylic acids is 1. The molecule has 1 aromatic carbocycles. The Morgan fingerprint density at radius 2 is 2.14 bits per heavy atom. The number of aromatic nitrogens is 2. The summed E-state index contributed by atoms with van der Waals surface area (Å²) >= 11 is 1.44. The molecule has 148 valence electrons. The Labute approximate surface area is 171 Å². The van der Waals surface area contributed by atoms with E-state index in [4.69, 9.17) is 15.6 Å².